The van der Waals surface area contributed by atoms with Crippen LogP contribution in [0.5, 0.6) is 5.75 Å². The lowest BCUT2D eigenvalue weighted by Crippen LogP contribution is -2.47. The van der Waals surface area contributed by atoms with E-state index in [-0.39, 0.29) is 42.5 Å². The number of phenolic OH excluding ortho intramolecular Hbond substituents is 1. The van der Waals surface area contributed by atoms with Gasteiger partial charge in [-0.1, -0.05) is 0 Å². The van der Waals surface area contributed by atoms with E-state index in [1.54, 1.807) is 0 Å². The minimum Gasteiger partial charge on any atom is -0.505 e. The summed E-state index contributed by atoms with van der Waals surface area (Å²) in [5.41, 5.74) is -0.0111. The van der Waals surface area contributed by atoms with E-state index in [1.165, 1.54) is 6.07 Å². The van der Waals surface area contributed by atoms with Gasteiger partial charge in [-0.3, -0.25) is 15.0 Å². The number of rotatable bonds is 4. The second-order valence-electron chi connectivity index (χ2n) is 6.30. The van der Waals surface area contributed by atoms with E-state index in [4.69, 9.17) is 4.74 Å². The lowest BCUT2D eigenvalue weighted by Gasteiger charge is -2.41. The molecule has 0 unspecified atom stereocenters. The summed E-state index contributed by atoms with van der Waals surface area (Å²) in [7, 11) is 0. The van der Waals surface area contributed by atoms with Gasteiger partial charge in [-0.15, -0.1) is 24.8 Å². The highest BCUT2D eigenvalue weighted by molar-refractivity contribution is 5.85. The number of nitrogens with zero attached hydrogens (tertiary/aromatic N) is 2. The Balaban J connectivity index is 0.00000169. The SMILES string of the molecule is Cl.Cl.O=[N+]([O-])c1cc(F)c(O)c([C@@H](C2CCOCC2)N2CCNCC2)c1. The van der Waals surface area contributed by atoms with E-state index in [1.807, 2.05) is 0 Å². The number of halogens is 3. The number of nitro groups is 1. The van der Waals surface area contributed by atoms with Crippen LogP contribution >= 0.6 is 24.8 Å². The maximum absolute atomic E-state index is 14.1. The molecule has 0 spiro atoms. The van der Waals surface area contributed by atoms with Gasteiger partial charge in [0, 0.05) is 57.1 Å². The monoisotopic (exact) mass is 411 g/mol. The van der Waals surface area contributed by atoms with Gasteiger partial charge >= 0.3 is 0 Å². The smallest absolute Gasteiger partial charge is 0.272 e. The van der Waals surface area contributed by atoms with E-state index < -0.39 is 16.5 Å². The Labute approximate surface area is 163 Å². The molecule has 0 radical (unpaired) electrons. The van der Waals surface area contributed by atoms with E-state index in [9.17, 15) is 19.6 Å². The van der Waals surface area contributed by atoms with Crippen LogP contribution in [0.2, 0.25) is 0 Å². The predicted octanol–water partition coefficient (Wildman–Crippen LogP) is 2.66. The summed E-state index contributed by atoms with van der Waals surface area (Å²) in [5.74, 6) is -1.24. The normalized spacial score (nSPS) is 19.9. The number of piperazine rings is 1. The van der Waals surface area contributed by atoms with Gasteiger partial charge in [-0.25, -0.2) is 4.39 Å². The average Bonchev–Trinajstić information content (AvgIpc) is 2.60. The van der Waals surface area contributed by atoms with Crippen LogP contribution in [-0.2, 0) is 4.74 Å². The Kier molecular flexibility index (Phi) is 8.99. The molecule has 2 saturated heterocycles. The summed E-state index contributed by atoms with van der Waals surface area (Å²) < 4.78 is 19.5. The number of nitro benzene ring substituents is 1. The highest BCUT2D eigenvalue weighted by atomic mass is 35.5. The molecule has 0 aromatic heterocycles. The Morgan fingerprint density at radius 2 is 1.88 bits per heavy atom. The maximum atomic E-state index is 14.1. The van der Waals surface area contributed by atoms with Crippen molar-refractivity contribution in [3.63, 3.8) is 0 Å². The van der Waals surface area contributed by atoms with Gasteiger partial charge in [0.1, 0.15) is 0 Å². The maximum Gasteiger partial charge on any atom is 0.272 e. The van der Waals surface area contributed by atoms with Crippen LogP contribution in [0.3, 0.4) is 0 Å². The van der Waals surface area contributed by atoms with E-state index in [2.05, 4.69) is 10.2 Å². The predicted molar refractivity (Wildman–Crippen MR) is 99.9 cm³/mol. The van der Waals surface area contributed by atoms with Crippen molar-refractivity contribution in [2.45, 2.75) is 18.9 Å². The molecular weight excluding hydrogens is 388 g/mol. The van der Waals surface area contributed by atoms with E-state index >= 15 is 0 Å². The van der Waals surface area contributed by atoms with Crippen molar-refractivity contribution in [2.75, 3.05) is 39.4 Å². The Hall–Kier alpha value is -1.19. The molecule has 0 aliphatic carbocycles. The first kappa shape index (κ1) is 22.9. The molecule has 0 amide bonds. The molecule has 2 N–H and O–H groups in total. The molecule has 148 valence electrons. The first-order valence-electron chi connectivity index (χ1n) is 8.27. The van der Waals surface area contributed by atoms with E-state index in [0.717, 1.165) is 45.1 Å². The van der Waals surface area contributed by atoms with Gasteiger partial charge in [0.2, 0.25) is 0 Å². The van der Waals surface area contributed by atoms with Gasteiger partial charge in [-0.05, 0) is 18.8 Å². The third-order valence-corrected chi connectivity index (χ3v) is 4.86. The number of ether oxygens (including phenoxy) is 1. The third kappa shape index (κ3) is 4.95. The molecule has 7 nitrogen and oxygen atoms in total. The van der Waals surface area contributed by atoms with E-state index in [0.29, 0.717) is 18.8 Å². The molecule has 3 rings (SSSR count). The second-order valence-corrected chi connectivity index (χ2v) is 6.30. The highest BCUT2D eigenvalue weighted by Crippen LogP contribution is 2.41. The van der Waals surface area contributed by atoms with Gasteiger partial charge in [0.05, 0.1) is 11.0 Å². The lowest BCUT2D eigenvalue weighted by molar-refractivity contribution is -0.385. The second kappa shape index (κ2) is 10.2. The Bertz CT molecular complexity index is 593. The van der Waals surface area contributed by atoms with Crippen LogP contribution < -0.4 is 5.32 Å². The molecule has 1 aromatic rings. The fourth-order valence-corrected chi connectivity index (χ4v) is 3.68. The topological polar surface area (TPSA) is 87.9 Å². The number of benzene rings is 1. The van der Waals surface area contributed by atoms with Crippen molar-refractivity contribution in [1.29, 1.82) is 0 Å². The van der Waals surface area contributed by atoms with Crippen molar-refractivity contribution in [3.8, 4) is 5.75 Å². The van der Waals surface area contributed by atoms with Crippen molar-refractivity contribution >= 4 is 30.5 Å². The minimum atomic E-state index is -0.939. The quantitative estimate of drug-likeness (QED) is 0.584. The van der Waals surface area contributed by atoms with Gasteiger partial charge in [0.15, 0.2) is 11.6 Å². The van der Waals surface area contributed by atoms with Gasteiger partial charge in [-0.2, -0.15) is 0 Å². The van der Waals surface area contributed by atoms with Crippen molar-refractivity contribution in [1.82, 2.24) is 10.2 Å². The average molecular weight is 412 g/mol. The lowest BCUT2D eigenvalue weighted by atomic mass is 9.85. The number of aromatic hydroxyl groups is 1. The molecule has 0 bridgehead atoms. The molecule has 1 atom stereocenters. The van der Waals surface area contributed by atoms with Crippen molar-refractivity contribution in [2.24, 2.45) is 5.92 Å². The van der Waals surface area contributed by atoms with Crippen LogP contribution in [-0.4, -0.2) is 54.3 Å². The Morgan fingerprint density at radius 3 is 2.46 bits per heavy atom. The largest absolute Gasteiger partial charge is 0.505 e. The minimum absolute atomic E-state index is 0. The van der Waals surface area contributed by atoms with Crippen LogP contribution in [0.1, 0.15) is 24.4 Å². The number of nitrogens with one attached hydrogen (secondary N) is 1. The molecule has 2 aliphatic heterocycles. The summed E-state index contributed by atoms with van der Waals surface area (Å²) in [4.78, 5) is 12.7. The van der Waals surface area contributed by atoms with Crippen molar-refractivity contribution < 1.29 is 19.2 Å². The van der Waals surface area contributed by atoms with Crippen LogP contribution in [0, 0.1) is 21.8 Å². The fourth-order valence-electron chi connectivity index (χ4n) is 3.68. The molecular formula is C16H24Cl2FN3O4. The number of hydrogen-bond donors (Lipinski definition) is 2. The van der Waals surface area contributed by atoms with Crippen LogP contribution in [0.4, 0.5) is 10.1 Å². The zero-order valence-electron chi connectivity index (χ0n) is 14.2. The van der Waals surface area contributed by atoms with Gasteiger partial charge < -0.3 is 15.2 Å². The number of hydrogen-bond acceptors (Lipinski definition) is 6. The number of phenols is 1. The van der Waals surface area contributed by atoms with Crippen LogP contribution in [0.25, 0.3) is 0 Å². The summed E-state index contributed by atoms with van der Waals surface area (Å²) >= 11 is 0. The molecule has 0 saturated carbocycles. The standard InChI is InChI=1S/C16H22FN3O4.2ClH/c17-14-10-12(20(22)23)9-13(16(14)21)15(11-1-7-24-8-2-11)19-5-3-18-4-6-19;;/h9-11,15,18,21H,1-8H2;2*1H/t15-;;/m1../s1. The zero-order valence-corrected chi connectivity index (χ0v) is 15.9. The molecule has 2 aliphatic rings. The summed E-state index contributed by atoms with van der Waals surface area (Å²) in [6, 6.07) is 1.85. The zero-order chi connectivity index (χ0) is 17.1. The summed E-state index contributed by atoms with van der Waals surface area (Å²) in [6.45, 7) is 4.35. The van der Waals surface area contributed by atoms with Gasteiger partial charge in [0.25, 0.3) is 5.69 Å². The number of non-ortho nitro benzene ring substituents is 1. The summed E-state index contributed by atoms with van der Waals surface area (Å²) in [5, 5.41) is 24.6. The molecule has 2 heterocycles. The third-order valence-electron chi connectivity index (χ3n) is 4.86. The molecule has 10 heteroatoms. The highest BCUT2D eigenvalue weighted by Gasteiger charge is 2.34. The first-order valence-corrected chi connectivity index (χ1v) is 8.27. The first-order chi connectivity index (χ1) is 11.6. The fraction of sp³-hybridized carbons (Fsp3) is 0.625. The summed E-state index contributed by atoms with van der Waals surface area (Å²) in [6.07, 6.45) is 1.58. The van der Waals surface area contributed by atoms with Crippen molar-refractivity contribution in [3.05, 3.63) is 33.6 Å². The van der Waals surface area contributed by atoms with Crippen LogP contribution in [0.15, 0.2) is 12.1 Å². The molecule has 26 heavy (non-hydrogen) atoms. The molecule has 2 fully saturated rings. The molecule has 1 aromatic carbocycles. The Morgan fingerprint density at radius 1 is 1.27 bits per heavy atom.